The average molecular weight is 136 g/mol. The first-order chi connectivity index (χ1) is 4.79. The molecule has 0 amide bonds. The van der Waals surface area contributed by atoms with Gasteiger partial charge in [-0.15, -0.1) is 0 Å². The van der Waals surface area contributed by atoms with E-state index in [9.17, 15) is 0 Å². The minimum atomic E-state index is 0.861. The predicted molar refractivity (Wildman–Crippen MR) is 37.7 cm³/mol. The fourth-order valence-electron chi connectivity index (χ4n) is 1.17. The number of rotatable bonds is 0. The fourth-order valence-corrected chi connectivity index (χ4v) is 1.17. The van der Waals surface area contributed by atoms with Crippen molar-refractivity contribution in [2.24, 2.45) is 7.05 Å². The highest BCUT2D eigenvalue weighted by Crippen LogP contribution is 2.16. The minimum Gasteiger partial charge on any atom is -0.354 e. The van der Waals surface area contributed by atoms with Crippen LogP contribution in [0.4, 0.5) is 0 Å². The summed E-state index contributed by atoms with van der Waals surface area (Å²) < 4.78 is 7.00. The zero-order valence-corrected chi connectivity index (χ0v) is 5.96. The van der Waals surface area contributed by atoms with Gasteiger partial charge in [0, 0.05) is 19.3 Å². The Morgan fingerprint density at radius 1 is 1.60 bits per heavy atom. The molecule has 2 heterocycles. The van der Waals surface area contributed by atoms with Gasteiger partial charge < -0.3 is 9.09 Å². The van der Waals surface area contributed by atoms with Crippen LogP contribution in [-0.4, -0.2) is 9.72 Å². The second-order valence-corrected chi connectivity index (χ2v) is 2.41. The van der Waals surface area contributed by atoms with E-state index in [1.54, 1.807) is 0 Å². The summed E-state index contributed by atoms with van der Waals surface area (Å²) in [6, 6.07) is 1.91. The maximum Gasteiger partial charge on any atom is 0.185 e. The number of aryl methyl sites for hydroxylation is 2. The maximum absolute atomic E-state index is 5.00. The second kappa shape index (κ2) is 1.62. The van der Waals surface area contributed by atoms with E-state index in [0.29, 0.717) is 0 Å². The quantitative estimate of drug-likeness (QED) is 0.549. The molecule has 0 N–H and O–H groups in total. The Balaban J connectivity index is 2.98. The highest BCUT2D eigenvalue weighted by molar-refractivity contribution is 5.75. The van der Waals surface area contributed by atoms with E-state index in [1.165, 1.54) is 0 Å². The first-order valence-electron chi connectivity index (χ1n) is 3.16. The molecule has 0 aliphatic rings. The first-order valence-corrected chi connectivity index (χ1v) is 3.16. The number of hydrogen-bond acceptors (Lipinski definition) is 2. The number of nitrogens with zero attached hydrogens (tertiary/aromatic N) is 2. The highest BCUT2D eigenvalue weighted by atomic mass is 16.5. The van der Waals surface area contributed by atoms with Crippen LogP contribution >= 0.6 is 0 Å². The van der Waals surface area contributed by atoms with Crippen molar-refractivity contribution < 1.29 is 4.52 Å². The van der Waals surface area contributed by atoms with Crippen molar-refractivity contribution in [1.29, 1.82) is 0 Å². The zero-order valence-electron chi connectivity index (χ0n) is 5.96. The number of aromatic nitrogens is 2. The normalized spacial score (nSPS) is 11.0. The third kappa shape index (κ3) is 0.518. The van der Waals surface area contributed by atoms with E-state index in [1.807, 2.05) is 30.8 Å². The molecule has 0 spiro atoms. The third-order valence-electron chi connectivity index (χ3n) is 1.66. The lowest BCUT2D eigenvalue weighted by Gasteiger charge is -1.88. The standard InChI is InChI=1S/C7H8N2O/c1-5-7-6(10-8-5)3-4-9(7)2/h3-4H,1-2H3. The Labute approximate surface area is 58.2 Å². The van der Waals surface area contributed by atoms with Gasteiger partial charge in [0.1, 0.15) is 11.2 Å². The van der Waals surface area contributed by atoms with E-state index in [0.717, 1.165) is 16.8 Å². The zero-order chi connectivity index (χ0) is 7.14. The van der Waals surface area contributed by atoms with Crippen molar-refractivity contribution in [1.82, 2.24) is 9.72 Å². The van der Waals surface area contributed by atoms with Crippen molar-refractivity contribution in [3.8, 4) is 0 Å². The van der Waals surface area contributed by atoms with Crippen molar-refractivity contribution >= 4 is 11.1 Å². The molecule has 0 saturated carbocycles. The van der Waals surface area contributed by atoms with Gasteiger partial charge in [0.25, 0.3) is 0 Å². The van der Waals surface area contributed by atoms with Crippen LogP contribution < -0.4 is 0 Å². The monoisotopic (exact) mass is 136 g/mol. The van der Waals surface area contributed by atoms with E-state index in [2.05, 4.69) is 5.16 Å². The van der Waals surface area contributed by atoms with Gasteiger partial charge in [-0.05, 0) is 6.92 Å². The van der Waals surface area contributed by atoms with E-state index >= 15 is 0 Å². The van der Waals surface area contributed by atoms with Crippen molar-refractivity contribution in [3.63, 3.8) is 0 Å². The summed E-state index contributed by atoms with van der Waals surface area (Å²) >= 11 is 0. The molecule has 0 atom stereocenters. The van der Waals surface area contributed by atoms with Gasteiger partial charge in [0.2, 0.25) is 0 Å². The Bertz CT molecular complexity index is 327. The van der Waals surface area contributed by atoms with Gasteiger partial charge in [0.15, 0.2) is 5.58 Å². The number of fused-ring (bicyclic) bond motifs is 1. The Hall–Kier alpha value is -1.25. The van der Waals surface area contributed by atoms with Crippen LogP contribution in [0.15, 0.2) is 16.8 Å². The van der Waals surface area contributed by atoms with Gasteiger partial charge in [-0.2, -0.15) is 0 Å². The largest absolute Gasteiger partial charge is 0.354 e. The summed E-state index contributed by atoms with van der Waals surface area (Å²) in [5.74, 6) is 0. The van der Waals surface area contributed by atoms with E-state index in [-0.39, 0.29) is 0 Å². The fraction of sp³-hybridized carbons (Fsp3) is 0.286. The lowest BCUT2D eigenvalue weighted by molar-refractivity contribution is 0.450. The molecule has 0 aliphatic carbocycles. The van der Waals surface area contributed by atoms with Crippen LogP contribution in [0.25, 0.3) is 11.1 Å². The molecule has 0 aliphatic heterocycles. The molecule has 3 nitrogen and oxygen atoms in total. The summed E-state index contributed by atoms with van der Waals surface area (Å²) in [7, 11) is 1.98. The lowest BCUT2D eigenvalue weighted by atomic mass is 10.4. The predicted octanol–water partition coefficient (Wildman–Crippen LogP) is 1.47. The smallest absolute Gasteiger partial charge is 0.185 e. The van der Waals surface area contributed by atoms with Crippen molar-refractivity contribution in [2.45, 2.75) is 6.92 Å². The molecule has 10 heavy (non-hydrogen) atoms. The van der Waals surface area contributed by atoms with Crippen LogP contribution in [0, 0.1) is 6.92 Å². The molecular formula is C7H8N2O. The maximum atomic E-state index is 5.00. The average Bonchev–Trinajstić information content (AvgIpc) is 2.40. The molecule has 0 radical (unpaired) electrons. The molecule has 0 unspecified atom stereocenters. The molecule has 0 fully saturated rings. The van der Waals surface area contributed by atoms with Crippen molar-refractivity contribution in [2.75, 3.05) is 0 Å². The Morgan fingerprint density at radius 3 is 3.10 bits per heavy atom. The molecule has 0 saturated heterocycles. The summed E-state index contributed by atoms with van der Waals surface area (Å²) in [6.45, 7) is 1.94. The van der Waals surface area contributed by atoms with Crippen LogP contribution in [-0.2, 0) is 7.05 Å². The summed E-state index contributed by atoms with van der Waals surface area (Å²) in [4.78, 5) is 0. The molecule has 2 aromatic heterocycles. The van der Waals surface area contributed by atoms with Gasteiger partial charge in [-0.25, -0.2) is 0 Å². The molecule has 3 heteroatoms. The van der Waals surface area contributed by atoms with Gasteiger partial charge >= 0.3 is 0 Å². The topological polar surface area (TPSA) is 31.0 Å². The van der Waals surface area contributed by atoms with Crippen LogP contribution in [0.1, 0.15) is 5.69 Å². The second-order valence-electron chi connectivity index (χ2n) is 2.41. The Kier molecular flexibility index (Phi) is 0.897. The lowest BCUT2D eigenvalue weighted by Crippen LogP contribution is -1.84. The molecule has 2 aromatic rings. The molecular weight excluding hydrogens is 128 g/mol. The number of hydrogen-bond donors (Lipinski definition) is 0. The summed E-state index contributed by atoms with van der Waals surface area (Å²) in [5.41, 5.74) is 2.89. The van der Waals surface area contributed by atoms with E-state index in [4.69, 9.17) is 4.52 Å². The van der Waals surface area contributed by atoms with Crippen molar-refractivity contribution in [3.05, 3.63) is 18.0 Å². The molecule has 52 valence electrons. The summed E-state index contributed by atoms with van der Waals surface area (Å²) in [6.07, 6.45) is 1.96. The molecule has 2 rings (SSSR count). The van der Waals surface area contributed by atoms with Gasteiger partial charge in [0.05, 0.1) is 0 Å². The molecule has 0 bridgehead atoms. The van der Waals surface area contributed by atoms with E-state index < -0.39 is 0 Å². The Morgan fingerprint density at radius 2 is 2.40 bits per heavy atom. The van der Waals surface area contributed by atoms with Crippen LogP contribution in [0.2, 0.25) is 0 Å². The third-order valence-corrected chi connectivity index (χ3v) is 1.66. The van der Waals surface area contributed by atoms with Gasteiger partial charge in [-0.3, -0.25) is 0 Å². The van der Waals surface area contributed by atoms with Crippen LogP contribution in [0.5, 0.6) is 0 Å². The van der Waals surface area contributed by atoms with Gasteiger partial charge in [-0.1, -0.05) is 5.16 Å². The SMILES string of the molecule is Cc1noc2ccn(C)c12. The summed E-state index contributed by atoms with van der Waals surface area (Å²) in [5, 5.41) is 3.82. The highest BCUT2D eigenvalue weighted by Gasteiger charge is 2.05. The molecule has 0 aromatic carbocycles. The minimum absolute atomic E-state index is 0.861. The first kappa shape index (κ1) is 5.53. The van der Waals surface area contributed by atoms with Crippen LogP contribution in [0.3, 0.4) is 0 Å².